The van der Waals surface area contributed by atoms with Gasteiger partial charge in [0, 0.05) is 45.5 Å². The Hall–Kier alpha value is -3.71. The summed E-state index contributed by atoms with van der Waals surface area (Å²) in [5, 5.41) is 14.3. The molecule has 0 saturated carbocycles. The number of carbonyl (C=O) groups excluding carboxylic acids is 1. The lowest BCUT2D eigenvalue weighted by atomic mass is 9.96. The first-order chi connectivity index (χ1) is 15.9. The van der Waals surface area contributed by atoms with Crippen LogP contribution in [0.4, 0.5) is 11.4 Å². The van der Waals surface area contributed by atoms with E-state index in [0.717, 1.165) is 30.8 Å². The molecule has 0 aliphatic carbocycles. The Morgan fingerprint density at radius 2 is 1.70 bits per heavy atom. The van der Waals surface area contributed by atoms with Crippen molar-refractivity contribution < 1.29 is 9.72 Å². The van der Waals surface area contributed by atoms with Crippen molar-refractivity contribution in [1.29, 1.82) is 0 Å². The van der Waals surface area contributed by atoms with Crippen LogP contribution in [0.1, 0.15) is 33.1 Å². The number of carbonyl (C=O) groups is 1. The number of nitrogens with one attached hydrogen (secondary N) is 1. The zero-order valence-electron chi connectivity index (χ0n) is 18.9. The summed E-state index contributed by atoms with van der Waals surface area (Å²) < 4.78 is 0. The third kappa shape index (κ3) is 5.04. The molecule has 1 amide bonds. The summed E-state index contributed by atoms with van der Waals surface area (Å²) in [6.07, 6.45) is 0.945. The van der Waals surface area contributed by atoms with Gasteiger partial charge in [-0.2, -0.15) is 0 Å². The molecule has 170 valence electrons. The highest BCUT2D eigenvalue weighted by atomic mass is 16.6. The summed E-state index contributed by atoms with van der Waals surface area (Å²) in [5.41, 5.74) is 4.75. The summed E-state index contributed by atoms with van der Waals surface area (Å²) in [6, 6.07) is 22.8. The fourth-order valence-electron chi connectivity index (χ4n) is 4.35. The molecule has 0 bridgehead atoms. The number of hydrogen-bond acceptors (Lipinski definition) is 5. The number of benzene rings is 3. The highest BCUT2D eigenvalue weighted by Crippen LogP contribution is 2.29. The Bertz CT molecular complexity index is 1140. The SMILES string of the molecule is CN(C)c1ccc([C@H](CNC(=O)c2ccccc2[N+](=O)[O-])N2CCc3ccccc3C2)cc1. The molecule has 33 heavy (non-hydrogen) atoms. The molecule has 1 aliphatic rings. The molecule has 1 N–H and O–H groups in total. The molecule has 0 saturated heterocycles. The summed E-state index contributed by atoms with van der Waals surface area (Å²) in [7, 11) is 4.00. The van der Waals surface area contributed by atoms with Crippen LogP contribution in [-0.2, 0) is 13.0 Å². The van der Waals surface area contributed by atoms with Crippen LogP contribution >= 0.6 is 0 Å². The average molecular weight is 445 g/mol. The number of rotatable bonds is 7. The molecule has 0 fully saturated rings. The van der Waals surface area contributed by atoms with Gasteiger partial charge < -0.3 is 10.2 Å². The zero-order chi connectivity index (χ0) is 23.4. The molecule has 7 heteroatoms. The molecule has 1 atom stereocenters. The van der Waals surface area contributed by atoms with Gasteiger partial charge in [-0.3, -0.25) is 19.8 Å². The maximum atomic E-state index is 12.9. The predicted molar refractivity (Wildman–Crippen MR) is 129 cm³/mol. The molecule has 1 heterocycles. The van der Waals surface area contributed by atoms with Gasteiger partial charge >= 0.3 is 0 Å². The van der Waals surface area contributed by atoms with Crippen molar-refractivity contribution in [2.75, 3.05) is 32.1 Å². The maximum Gasteiger partial charge on any atom is 0.282 e. The van der Waals surface area contributed by atoms with Crippen LogP contribution in [0.25, 0.3) is 0 Å². The van der Waals surface area contributed by atoms with Crippen LogP contribution in [0.15, 0.2) is 72.8 Å². The summed E-state index contributed by atoms with van der Waals surface area (Å²) in [4.78, 5) is 28.1. The number of para-hydroxylation sites is 1. The van der Waals surface area contributed by atoms with E-state index in [9.17, 15) is 14.9 Å². The predicted octanol–water partition coefficient (Wildman–Crippen LogP) is 4.19. The molecule has 0 spiro atoms. The van der Waals surface area contributed by atoms with E-state index in [2.05, 4.69) is 58.7 Å². The number of nitro benzene ring substituents is 1. The summed E-state index contributed by atoms with van der Waals surface area (Å²) in [6.45, 7) is 2.02. The minimum atomic E-state index is -0.520. The van der Waals surface area contributed by atoms with Crippen LogP contribution in [0.5, 0.6) is 0 Å². The lowest BCUT2D eigenvalue weighted by molar-refractivity contribution is -0.385. The molecule has 1 aliphatic heterocycles. The van der Waals surface area contributed by atoms with Crippen LogP contribution in [-0.4, -0.2) is 42.9 Å². The number of hydrogen-bond donors (Lipinski definition) is 1. The van der Waals surface area contributed by atoms with E-state index >= 15 is 0 Å². The van der Waals surface area contributed by atoms with Crippen molar-refractivity contribution >= 4 is 17.3 Å². The van der Waals surface area contributed by atoms with Crippen molar-refractivity contribution in [3.05, 3.63) is 105 Å². The van der Waals surface area contributed by atoms with Gasteiger partial charge in [0.15, 0.2) is 0 Å². The zero-order valence-corrected chi connectivity index (χ0v) is 18.9. The van der Waals surface area contributed by atoms with Gasteiger partial charge in [0.05, 0.1) is 11.0 Å². The van der Waals surface area contributed by atoms with Crippen LogP contribution in [0, 0.1) is 10.1 Å². The number of nitrogens with zero attached hydrogens (tertiary/aromatic N) is 3. The molecule has 0 unspecified atom stereocenters. The Balaban J connectivity index is 1.58. The molecule has 3 aromatic carbocycles. The van der Waals surface area contributed by atoms with Crippen molar-refractivity contribution in [1.82, 2.24) is 10.2 Å². The van der Waals surface area contributed by atoms with Crippen LogP contribution in [0.3, 0.4) is 0 Å². The topological polar surface area (TPSA) is 78.7 Å². The third-order valence-corrected chi connectivity index (χ3v) is 6.20. The fourth-order valence-corrected chi connectivity index (χ4v) is 4.35. The van der Waals surface area contributed by atoms with Crippen LogP contribution in [0.2, 0.25) is 0 Å². The highest BCUT2D eigenvalue weighted by molar-refractivity contribution is 5.98. The van der Waals surface area contributed by atoms with Gasteiger partial charge in [-0.15, -0.1) is 0 Å². The van der Waals surface area contributed by atoms with Crippen molar-refractivity contribution in [2.24, 2.45) is 0 Å². The molecular weight excluding hydrogens is 416 g/mol. The van der Waals surface area contributed by atoms with Crippen molar-refractivity contribution in [3.8, 4) is 0 Å². The Labute approximate surface area is 193 Å². The molecular formula is C26H28N4O3. The van der Waals surface area contributed by atoms with E-state index in [0.29, 0.717) is 6.54 Å². The third-order valence-electron chi connectivity index (χ3n) is 6.20. The minimum Gasteiger partial charge on any atom is -0.378 e. The standard InChI is InChI=1S/C26H28N4O3/c1-28(2)22-13-11-20(12-14-22)25(29-16-15-19-7-3-4-8-21(19)18-29)17-27-26(31)23-9-5-6-10-24(23)30(32)33/h3-14,25H,15-18H2,1-2H3,(H,27,31)/t25-/m0/s1. The lowest BCUT2D eigenvalue weighted by Gasteiger charge is -2.36. The number of nitro groups is 1. The second kappa shape index (κ2) is 9.83. The molecule has 3 aromatic rings. The van der Waals surface area contributed by atoms with Gasteiger partial charge in [0.1, 0.15) is 5.56 Å². The normalized spacial score (nSPS) is 14.2. The van der Waals surface area contributed by atoms with Crippen molar-refractivity contribution in [2.45, 2.75) is 19.0 Å². The van der Waals surface area contributed by atoms with E-state index in [1.54, 1.807) is 12.1 Å². The summed E-state index contributed by atoms with van der Waals surface area (Å²) >= 11 is 0. The first kappa shape index (κ1) is 22.5. The Kier molecular flexibility index (Phi) is 6.70. The second-order valence-electron chi connectivity index (χ2n) is 8.48. The lowest BCUT2D eigenvalue weighted by Crippen LogP contribution is -2.40. The highest BCUT2D eigenvalue weighted by Gasteiger charge is 2.26. The van der Waals surface area contributed by atoms with Gasteiger partial charge in [0.25, 0.3) is 11.6 Å². The molecule has 0 radical (unpaired) electrons. The van der Waals surface area contributed by atoms with Gasteiger partial charge in [-0.05, 0) is 41.3 Å². The smallest absolute Gasteiger partial charge is 0.282 e. The van der Waals surface area contributed by atoms with E-state index in [-0.39, 0.29) is 17.3 Å². The average Bonchev–Trinajstić information content (AvgIpc) is 2.84. The number of amides is 1. The first-order valence-electron chi connectivity index (χ1n) is 11.0. The summed E-state index contributed by atoms with van der Waals surface area (Å²) in [5.74, 6) is -0.436. The van der Waals surface area contributed by atoms with E-state index in [4.69, 9.17) is 0 Å². The molecule has 0 aromatic heterocycles. The van der Waals surface area contributed by atoms with Crippen molar-refractivity contribution in [3.63, 3.8) is 0 Å². The maximum absolute atomic E-state index is 12.9. The van der Waals surface area contributed by atoms with Gasteiger partial charge in [0.2, 0.25) is 0 Å². The fraction of sp³-hybridized carbons (Fsp3) is 0.269. The van der Waals surface area contributed by atoms with Gasteiger partial charge in [-0.25, -0.2) is 0 Å². The largest absolute Gasteiger partial charge is 0.378 e. The molecule has 7 nitrogen and oxygen atoms in total. The number of anilines is 1. The quantitative estimate of drug-likeness (QED) is 0.437. The Morgan fingerprint density at radius 1 is 1.03 bits per heavy atom. The Morgan fingerprint density at radius 3 is 2.39 bits per heavy atom. The molecule has 4 rings (SSSR count). The van der Waals surface area contributed by atoms with E-state index in [1.165, 1.54) is 23.3 Å². The minimum absolute atomic E-state index is 0.0544. The number of fused-ring (bicyclic) bond motifs is 1. The van der Waals surface area contributed by atoms with E-state index < -0.39 is 10.8 Å². The van der Waals surface area contributed by atoms with Crippen LogP contribution < -0.4 is 10.2 Å². The van der Waals surface area contributed by atoms with E-state index in [1.807, 2.05) is 19.0 Å². The second-order valence-corrected chi connectivity index (χ2v) is 8.48. The monoisotopic (exact) mass is 444 g/mol. The first-order valence-corrected chi connectivity index (χ1v) is 11.0. The van der Waals surface area contributed by atoms with Gasteiger partial charge in [-0.1, -0.05) is 48.5 Å².